The fraction of sp³-hybridized carbons (Fsp3) is 0.500. The molecule has 21 heavy (non-hydrogen) atoms. The number of hydrogen-bond donors (Lipinski definition) is 1. The highest BCUT2D eigenvalue weighted by Gasteiger charge is 2.51. The summed E-state index contributed by atoms with van der Waals surface area (Å²) < 4.78 is 5.78. The molecule has 0 spiro atoms. The van der Waals surface area contributed by atoms with Crippen LogP contribution in [-0.4, -0.2) is 31.4 Å². The Balaban J connectivity index is 2.07. The average molecular weight is 307 g/mol. The molecule has 1 aromatic carbocycles. The second-order valence-corrected chi connectivity index (χ2v) is 5.97. The molecule has 0 radical (unpaired) electrons. The number of halogens is 1. The smallest absolute Gasteiger partial charge is 0.205 e. The highest BCUT2D eigenvalue weighted by molar-refractivity contribution is 6.32. The van der Waals surface area contributed by atoms with E-state index in [9.17, 15) is 4.79 Å². The predicted molar refractivity (Wildman–Crippen MR) is 82.8 cm³/mol. The van der Waals surface area contributed by atoms with Gasteiger partial charge in [0.25, 0.3) is 0 Å². The molecule has 0 amide bonds. The molecule has 1 fully saturated rings. The van der Waals surface area contributed by atoms with Crippen molar-refractivity contribution in [2.24, 2.45) is 4.99 Å². The van der Waals surface area contributed by atoms with Crippen LogP contribution in [0.3, 0.4) is 0 Å². The minimum absolute atomic E-state index is 0.0510. The summed E-state index contributed by atoms with van der Waals surface area (Å²) in [5.41, 5.74) is -0.0330. The fourth-order valence-corrected chi connectivity index (χ4v) is 3.45. The molecule has 1 saturated carbocycles. The van der Waals surface area contributed by atoms with Crippen LogP contribution in [0.5, 0.6) is 0 Å². The lowest BCUT2D eigenvalue weighted by Gasteiger charge is -2.41. The molecule has 4 nitrogen and oxygen atoms in total. The molecule has 2 atom stereocenters. The largest absolute Gasteiger partial charge is 0.470 e. The van der Waals surface area contributed by atoms with Crippen LogP contribution >= 0.6 is 11.6 Å². The summed E-state index contributed by atoms with van der Waals surface area (Å²) in [5, 5.41) is 3.69. The van der Waals surface area contributed by atoms with Crippen molar-refractivity contribution < 1.29 is 9.53 Å². The first-order chi connectivity index (χ1) is 10.2. The average Bonchev–Trinajstić information content (AvgIpc) is 2.46. The Morgan fingerprint density at radius 2 is 2.29 bits per heavy atom. The van der Waals surface area contributed by atoms with Gasteiger partial charge in [-0.05, 0) is 32.4 Å². The summed E-state index contributed by atoms with van der Waals surface area (Å²) in [7, 11) is 1.89. The van der Waals surface area contributed by atoms with E-state index < -0.39 is 5.54 Å². The summed E-state index contributed by atoms with van der Waals surface area (Å²) in [6.45, 7) is 0.776. The monoisotopic (exact) mass is 306 g/mol. The standard InChI is InChI=1S/C16H19ClN2O2/c1-18-10-8-14-19-16(11-5-2-3-6-12(11)17)9-4-7-13(21-14)15(16)20/h2-3,5-6,13,18H,4,7-10H2,1H3. The van der Waals surface area contributed by atoms with E-state index in [-0.39, 0.29) is 11.9 Å². The Bertz CT molecular complexity index is 587. The SMILES string of the molecule is CNCCC1=NC2(c3ccccc3Cl)CCCC(O1)C2=O. The van der Waals surface area contributed by atoms with Crippen LogP contribution in [0.1, 0.15) is 31.2 Å². The van der Waals surface area contributed by atoms with Gasteiger partial charge < -0.3 is 10.1 Å². The third kappa shape index (κ3) is 2.47. The molecule has 1 aliphatic heterocycles. The van der Waals surface area contributed by atoms with E-state index >= 15 is 0 Å². The lowest BCUT2D eigenvalue weighted by molar-refractivity contribution is -0.137. The van der Waals surface area contributed by atoms with Crippen LogP contribution < -0.4 is 5.32 Å². The first-order valence-corrected chi connectivity index (χ1v) is 7.74. The Hall–Kier alpha value is -1.39. The van der Waals surface area contributed by atoms with Crippen molar-refractivity contribution in [1.29, 1.82) is 0 Å². The summed E-state index contributed by atoms with van der Waals surface area (Å²) in [4.78, 5) is 17.5. The molecule has 3 rings (SSSR count). The van der Waals surface area contributed by atoms with E-state index in [1.165, 1.54) is 0 Å². The van der Waals surface area contributed by atoms with Gasteiger partial charge in [-0.25, -0.2) is 4.99 Å². The number of nitrogens with one attached hydrogen (secondary N) is 1. The first-order valence-electron chi connectivity index (χ1n) is 7.37. The molecule has 1 aliphatic carbocycles. The van der Waals surface area contributed by atoms with E-state index in [1.807, 2.05) is 31.3 Å². The van der Waals surface area contributed by atoms with E-state index in [1.54, 1.807) is 0 Å². The van der Waals surface area contributed by atoms with Gasteiger partial charge in [0.15, 0.2) is 17.5 Å². The second kappa shape index (κ2) is 5.78. The van der Waals surface area contributed by atoms with Crippen molar-refractivity contribution in [2.75, 3.05) is 13.6 Å². The molecular weight excluding hydrogens is 288 g/mol. The molecule has 2 unspecified atom stereocenters. The number of carbonyl (C=O) groups excluding carboxylic acids is 1. The highest BCUT2D eigenvalue weighted by atomic mass is 35.5. The van der Waals surface area contributed by atoms with Crippen LogP contribution in [0.4, 0.5) is 0 Å². The highest BCUT2D eigenvalue weighted by Crippen LogP contribution is 2.44. The van der Waals surface area contributed by atoms with Crippen molar-refractivity contribution in [2.45, 2.75) is 37.3 Å². The molecular formula is C16H19ClN2O2. The molecule has 1 N–H and O–H groups in total. The van der Waals surface area contributed by atoms with Crippen LogP contribution in [-0.2, 0) is 15.1 Å². The van der Waals surface area contributed by atoms with Gasteiger partial charge in [-0.2, -0.15) is 0 Å². The normalized spacial score (nSPS) is 28.0. The number of nitrogens with zero attached hydrogens (tertiary/aromatic N) is 1. The van der Waals surface area contributed by atoms with Gasteiger partial charge >= 0.3 is 0 Å². The van der Waals surface area contributed by atoms with Crippen molar-refractivity contribution in [3.05, 3.63) is 34.9 Å². The van der Waals surface area contributed by atoms with Gasteiger partial charge in [-0.3, -0.25) is 4.79 Å². The van der Waals surface area contributed by atoms with Gasteiger partial charge in [-0.1, -0.05) is 29.8 Å². The lowest BCUT2D eigenvalue weighted by Crippen LogP contribution is -2.51. The zero-order chi connectivity index (χ0) is 14.9. The zero-order valence-corrected chi connectivity index (χ0v) is 12.8. The number of benzene rings is 1. The summed E-state index contributed by atoms with van der Waals surface area (Å²) in [5.74, 6) is 0.712. The minimum atomic E-state index is -0.845. The maximum absolute atomic E-state index is 12.8. The topological polar surface area (TPSA) is 50.7 Å². The molecule has 0 aromatic heterocycles. The van der Waals surface area contributed by atoms with Gasteiger partial charge in [0.2, 0.25) is 5.78 Å². The molecule has 1 aromatic rings. The number of carbonyl (C=O) groups is 1. The summed E-state index contributed by atoms with van der Waals surface area (Å²) in [6, 6.07) is 7.51. The minimum Gasteiger partial charge on any atom is -0.470 e. The first kappa shape index (κ1) is 14.5. The number of Topliss-reactive ketones (excluding diaryl/α,β-unsaturated/α-hetero) is 1. The number of ether oxygens (including phenoxy) is 1. The van der Waals surface area contributed by atoms with Gasteiger partial charge in [0, 0.05) is 23.6 Å². The van der Waals surface area contributed by atoms with Crippen molar-refractivity contribution in [3.63, 3.8) is 0 Å². The van der Waals surface area contributed by atoms with Crippen molar-refractivity contribution in [3.8, 4) is 0 Å². The quantitative estimate of drug-likeness (QED) is 0.930. The van der Waals surface area contributed by atoms with Crippen molar-refractivity contribution >= 4 is 23.3 Å². The van der Waals surface area contributed by atoms with Gasteiger partial charge in [-0.15, -0.1) is 0 Å². The zero-order valence-electron chi connectivity index (χ0n) is 12.1. The maximum atomic E-state index is 12.8. The Labute approximate surface area is 129 Å². The Morgan fingerprint density at radius 1 is 1.48 bits per heavy atom. The Kier molecular flexibility index (Phi) is 4.00. The third-order valence-corrected chi connectivity index (χ3v) is 4.54. The predicted octanol–water partition coefficient (Wildman–Crippen LogP) is 2.70. The molecule has 2 bridgehead atoms. The fourth-order valence-electron chi connectivity index (χ4n) is 3.16. The number of ketones is 1. The molecule has 112 valence electrons. The van der Waals surface area contributed by atoms with Crippen LogP contribution in [0.2, 0.25) is 5.02 Å². The number of hydrogen-bond acceptors (Lipinski definition) is 4. The van der Waals surface area contributed by atoms with E-state index in [0.717, 1.165) is 24.9 Å². The molecule has 5 heteroatoms. The molecule has 2 aliphatic rings. The lowest BCUT2D eigenvalue weighted by atomic mass is 9.74. The van der Waals surface area contributed by atoms with Gasteiger partial charge in [0.1, 0.15) is 0 Å². The maximum Gasteiger partial charge on any atom is 0.205 e. The van der Waals surface area contributed by atoms with E-state index in [0.29, 0.717) is 23.8 Å². The number of rotatable bonds is 4. The van der Waals surface area contributed by atoms with Crippen LogP contribution in [0.15, 0.2) is 29.3 Å². The number of aliphatic imine (C=N–C) groups is 1. The molecule has 0 saturated heterocycles. The van der Waals surface area contributed by atoms with Crippen molar-refractivity contribution in [1.82, 2.24) is 5.32 Å². The number of fused-ring (bicyclic) bond motifs is 2. The molecule has 1 heterocycles. The van der Waals surface area contributed by atoms with Crippen LogP contribution in [0, 0.1) is 0 Å². The third-order valence-electron chi connectivity index (χ3n) is 4.21. The van der Waals surface area contributed by atoms with E-state index in [2.05, 4.69) is 5.32 Å². The van der Waals surface area contributed by atoms with Gasteiger partial charge in [0.05, 0.1) is 0 Å². The Morgan fingerprint density at radius 3 is 3.05 bits per heavy atom. The summed E-state index contributed by atoms with van der Waals surface area (Å²) in [6.07, 6.45) is 2.71. The second-order valence-electron chi connectivity index (χ2n) is 5.56. The van der Waals surface area contributed by atoms with Crippen LogP contribution in [0.25, 0.3) is 0 Å². The summed E-state index contributed by atoms with van der Waals surface area (Å²) >= 11 is 6.34. The van der Waals surface area contributed by atoms with E-state index in [4.69, 9.17) is 21.3 Å².